The second-order valence-electron chi connectivity index (χ2n) is 8.68. The molecule has 0 saturated carbocycles. The van der Waals surface area contributed by atoms with E-state index in [1.165, 1.54) is 35.1 Å². The Morgan fingerprint density at radius 2 is 1.07 bits per heavy atom. The Balaban J connectivity index is 1.18. The molecule has 2 aliphatic rings. The van der Waals surface area contributed by atoms with E-state index in [0.717, 1.165) is 0 Å². The van der Waals surface area contributed by atoms with E-state index >= 15 is 0 Å². The van der Waals surface area contributed by atoms with Gasteiger partial charge in [0.1, 0.15) is 24.4 Å². The van der Waals surface area contributed by atoms with E-state index in [4.69, 9.17) is 14.2 Å². The first kappa shape index (κ1) is 20.6. The Hall–Kier alpha value is -1.68. The molecule has 3 nitrogen and oxygen atoms in total. The first-order valence-corrected chi connectivity index (χ1v) is 11.2. The van der Waals surface area contributed by atoms with Crippen LogP contribution in [-0.4, -0.2) is 25.4 Å². The van der Waals surface area contributed by atoms with Crippen molar-refractivity contribution in [2.45, 2.75) is 76.8 Å². The van der Waals surface area contributed by atoms with Gasteiger partial charge in [0.2, 0.25) is 0 Å². The van der Waals surface area contributed by atoms with Crippen LogP contribution in [0, 0.1) is 0 Å². The van der Waals surface area contributed by atoms with Gasteiger partial charge < -0.3 is 14.2 Å². The summed E-state index contributed by atoms with van der Waals surface area (Å²) < 4.78 is 17.5. The van der Waals surface area contributed by atoms with Crippen LogP contribution in [0.15, 0.2) is 48.5 Å². The van der Waals surface area contributed by atoms with Gasteiger partial charge in [-0.15, -0.1) is 0 Å². The van der Waals surface area contributed by atoms with Gasteiger partial charge in [-0.25, -0.2) is 0 Å². The van der Waals surface area contributed by atoms with Crippen molar-refractivity contribution in [3.8, 4) is 0 Å². The van der Waals surface area contributed by atoms with Gasteiger partial charge in [0.25, 0.3) is 0 Å². The Kier molecular flexibility index (Phi) is 6.38. The minimum atomic E-state index is 0.177. The molecule has 4 rings (SSSR count). The van der Waals surface area contributed by atoms with Gasteiger partial charge in [-0.2, -0.15) is 0 Å². The standard InChI is InChI=1S/C26H34O3/c1-5-17(3)19-7-11-21(12-8-19)25-23(28-25)15-27-16-24-26(29-24)22-13-9-20(10-14-22)18(4)6-2/h7-14,17-18,23-26H,5-6,15-16H2,1-4H3. The maximum atomic E-state index is 5.89. The van der Waals surface area contributed by atoms with Crippen molar-refractivity contribution < 1.29 is 14.2 Å². The molecule has 3 heteroatoms. The van der Waals surface area contributed by atoms with E-state index in [1.807, 2.05) is 0 Å². The van der Waals surface area contributed by atoms with Gasteiger partial charge in [-0.1, -0.05) is 76.2 Å². The molecule has 2 aromatic carbocycles. The smallest absolute Gasteiger partial charge is 0.112 e. The van der Waals surface area contributed by atoms with E-state index in [2.05, 4.69) is 76.2 Å². The van der Waals surface area contributed by atoms with Crippen LogP contribution in [-0.2, 0) is 14.2 Å². The van der Waals surface area contributed by atoms with Crippen LogP contribution in [0.25, 0.3) is 0 Å². The lowest BCUT2D eigenvalue weighted by Crippen LogP contribution is -2.08. The quantitative estimate of drug-likeness (QED) is 0.443. The molecule has 0 N–H and O–H groups in total. The monoisotopic (exact) mass is 394 g/mol. The highest BCUT2D eigenvalue weighted by atomic mass is 16.6. The number of hydrogen-bond donors (Lipinski definition) is 0. The van der Waals surface area contributed by atoms with E-state index in [1.54, 1.807) is 0 Å². The largest absolute Gasteiger partial charge is 0.376 e. The van der Waals surface area contributed by atoms with Crippen LogP contribution in [0.5, 0.6) is 0 Å². The van der Waals surface area contributed by atoms with Crippen molar-refractivity contribution >= 4 is 0 Å². The fraction of sp³-hybridized carbons (Fsp3) is 0.538. The Bertz CT molecular complexity index is 715. The summed E-state index contributed by atoms with van der Waals surface area (Å²) in [5.74, 6) is 1.22. The number of epoxide rings is 2. The average Bonchev–Trinajstić information content (AvgIpc) is 3.69. The maximum absolute atomic E-state index is 5.89. The molecule has 0 radical (unpaired) electrons. The molecule has 2 aliphatic heterocycles. The van der Waals surface area contributed by atoms with E-state index in [0.29, 0.717) is 25.0 Å². The Labute approximate surface area is 175 Å². The zero-order valence-electron chi connectivity index (χ0n) is 18.1. The molecule has 0 bridgehead atoms. The van der Waals surface area contributed by atoms with Crippen molar-refractivity contribution in [3.63, 3.8) is 0 Å². The Morgan fingerprint density at radius 3 is 1.41 bits per heavy atom. The van der Waals surface area contributed by atoms with Crippen molar-refractivity contribution in [2.24, 2.45) is 0 Å². The fourth-order valence-electron chi connectivity index (χ4n) is 3.93. The molecular formula is C26H34O3. The molecule has 6 unspecified atom stereocenters. The van der Waals surface area contributed by atoms with Crippen molar-refractivity contribution in [1.82, 2.24) is 0 Å². The van der Waals surface area contributed by atoms with Crippen LogP contribution in [0.3, 0.4) is 0 Å². The molecule has 2 aromatic rings. The summed E-state index contributed by atoms with van der Waals surface area (Å²) >= 11 is 0. The molecule has 0 aromatic heterocycles. The third-order valence-corrected chi connectivity index (χ3v) is 6.62. The first-order valence-electron chi connectivity index (χ1n) is 11.2. The summed E-state index contributed by atoms with van der Waals surface area (Å²) in [5.41, 5.74) is 5.32. The lowest BCUT2D eigenvalue weighted by atomic mass is 9.97. The van der Waals surface area contributed by atoms with Crippen LogP contribution >= 0.6 is 0 Å². The van der Waals surface area contributed by atoms with E-state index in [9.17, 15) is 0 Å². The minimum absolute atomic E-state index is 0.177. The van der Waals surface area contributed by atoms with Crippen LogP contribution in [0.4, 0.5) is 0 Å². The van der Waals surface area contributed by atoms with Crippen molar-refractivity contribution in [3.05, 3.63) is 70.8 Å². The number of rotatable bonds is 10. The SMILES string of the molecule is CCC(C)c1ccc(C2OC2COCC2OC2c2ccc(C(C)CC)cc2)cc1. The van der Waals surface area contributed by atoms with Gasteiger partial charge >= 0.3 is 0 Å². The van der Waals surface area contributed by atoms with Gasteiger partial charge in [0.05, 0.1) is 13.2 Å². The molecule has 29 heavy (non-hydrogen) atoms. The Morgan fingerprint density at radius 1 is 0.690 bits per heavy atom. The number of benzene rings is 2. The predicted octanol–water partition coefficient (Wildman–Crippen LogP) is 6.31. The minimum Gasteiger partial charge on any atom is -0.376 e. The van der Waals surface area contributed by atoms with Gasteiger partial charge in [-0.3, -0.25) is 0 Å². The van der Waals surface area contributed by atoms with Gasteiger partial charge in [0.15, 0.2) is 0 Å². The molecule has 0 amide bonds. The molecule has 6 atom stereocenters. The zero-order chi connectivity index (χ0) is 20.4. The molecule has 2 heterocycles. The van der Waals surface area contributed by atoms with E-state index < -0.39 is 0 Å². The van der Waals surface area contributed by atoms with Crippen molar-refractivity contribution in [1.29, 1.82) is 0 Å². The average molecular weight is 395 g/mol. The van der Waals surface area contributed by atoms with Crippen molar-refractivity contribution in [2.75, 3.05) is 13.2 Å². The normalized spacial score (nSPS) is 27.4. The predicted molar refractivity (Wildman–Crippen MR) is 116 cm³/mol. The topological polar surface area (TPSA) is 34.3 Å². The molecule has 0 spiro atoms. The second-order valence-corrected chi connectivity index (χ2v) is 8.68. The summed E-state index contributed by atoms with van der Waals surface area (Å²) in [6, 6.07) is 17.8. The molecule has 156 valence electrons. The molecule has 2 fully saturated rings. The highest BCUT2D eigenvalue weighted by Gasteiger charge is 2.43. The second kappa shape index (κ2) is 8.99. The highest BCUT2D eigenvalue weighted by Crippen LogP contribution is 2.41. The van der Waals surface area contributed by atoms with E-state index in [-0.39, 0.29) is 24.4 Å². The summed E-state index contributed by atoms with van der Waals surface area (Å²) in [7, 11) is 0. The highest BCUT2D eigenvalue weighted by molar-refractivity contribution is 5.30. The molecule has 2 saturated heterocycles. The first-order chi connectivity index (χ1) is 14.1. The van der Waals surface area contributed by atoms with Crippen LogP contribution < -0.4 is 0 Å². The molecule has 0 aliphatic carbocycles. The lowest BCUT2D eigenvalue weighted by molar-refractivity contribution is 0.102. The van der Waals surface area contributed by atoms with Crippen LogP contribution in [0.2, 0.25) is 0 Å². The number of ether oxygens (including phenoxy) is 3. The third-order valence-electron chi connectivity index (χ3n) is 6.62. The third kappa shape index (κ3) is 4.91. The summed E-state index contributed by atoms with van der Waals surface area (Å²) in [5, 5.41) is 0. The zero-order valence-corrected chi connectivity index (χ0v) is 18.1. The molecular weight excluding hydrogens is 360 g/mol. The summed E-state index contributed by atoms with van der Waals surface area (Å²) in [6.45, 7) is 10.3. The summed E-state index contributed by atoms with van der Waals surface area (Å²) in [4.78, 5) is 0. The maximum Gasteiger partial charge on any atom is 0.112 e. The van der Waals surface area contributed by atoms with Gasteiger partial charge in [-0.05, 0) is 46.9 Å². The fourth-order valence-corrected chi connectivity index (χ4v) is 3.93. The summed E-state index contributed by atoms with van der Waals surface area (Å²) in [6.07, 6.45) is 3.06. The lowest BCUT2D eigenvalue weighted by Gasteiger charge is -2.09. The van der Waals surface area contributed by atoms with Gasteiger partial charge in [0, 0.05) is 0 Å². The number of hydrogen-bond acceptors (Lipinski definition) is 3. The van der Waals surface area contributed by atoms with Crippen LogP contribution in [0.1, 0.15) is 86.8 Å².